The lowest BCUT2D eigenvalue weighted by Crippen LogP contribution is -1.97. The molecule has 3 rings (SSSR count). The van der Waals surface area contributed by atoms with Gasteiger partial charge in [0.15, 0.2) is 5.75 Å². The molecule has 21 heavy (non-hydrogen) atoms. The maximum Gasteiger partial charge on any atom is 0.323 e. The summed E-state index contributed by atoms with van der Waals surface area (Å²) >= 11 is 0. The summed E-state index contributed by atoms with van der Waals surface area (Å²) < 4.78 is 5.73. The van der Waals surface area contributed by atoms with E-state index in [9.17, 15) is 0 Å². The minimum absolute atomic E-state index is 0.155. The molecule has 0 bridgehead atoms. The van der Waals surface area contributed by atoms with Crippen LogP contribution in [0.15, 0.2) is 36.4 Å². The number of ether oxygens (including phenoxy) is 1. The van der Waals surface area contributed by atoms with Crippen molar-refractivity contribution in [3.63, 3.8) is 0 Å². The van der Waals surface area contributed by atoms with E-state index in [1.54, 1.807) is 13.0 Å². The lowest BCUT2D eigenvalue weighted by molar-refractivity contribution is 0.443. The first-order valence-electron chi connectivity index (χ1n) is 6.46. The standard InChI is InChI=1S/C16H12N4O/c1-10-6-7-12-4-3-5-14(15(12)18-10)21-16-19-11(2)8-13(9-17)20-16/h3-8H,1-2H3. The predicted molar refractivity (Wildman–Crippen MR) is 78.0 cm³/mol. The summed E-state index contributed by atoms with van der Waals surface area (Å²) in [5.74, 6) is 0.575. The van der Waals surface area contributed by atoms with E-state index in [0.717, 1.165) is 16.6 Å². The van der Waals surface area contributed by atoms with Crippen LogP contribution in [-0.2, 0) is 0 Å². The molecule has 0 fully saturated rings. The van der Waals surface area contributed by atoms with E-state index < -0.39 is 0 Å². The highest BCUT2D eigenvalue weighted by Crippen LogP contribution is 2.27. The second kappa shape index (κ2) is 5.17. The van der Waals surface area contributed by atoms with Gasteiger partial charge in [-0.3, -0.25) is 0 Å². The molecule has 0 aliphatic heterocycles. The van der Waals surface area contributed by atoms with Crippen LogP contribution in [0.4, 0.5) is 0 Å². The summed E-state index contributed by atoms with van der Waals surface area (Å²) in [5.41, 5.74) is 2.62. The molecule has 1 aromatic carbocycles. The Labute approximate surface area is 121 Å². The van der Waals surface area contributed by atoms with Gasteiger partial charge in [0, 0.05) is 16.8 Å². The van der Waals surface area contributed by atoms with E-state index in [-0.39, 0.29) is 11.7 Å². The minimum atomic E-state index is 0.155. The van der Waals surface area contributed by atoms with Crippen LogP contribution in [0.25, 0.3) is 10.9 Å². The van der Waals surface area contributed by atoms with E-state index in [2.05, 4.69) is 15.0 Å². The molecule has 0 aliphatic rings. The first-order valence-corrected chi connectivity index (χ1v) is 6.46. The third-order valence-electron chi connectivity index (χ3n) is 2.97. The van der Waals surface area contributed by atoms with Crippen LogP contribution in [0.3, 0.4) is 0 Å². The van der Waals surface area contributed by atoms with Gasteiger partial charge in [-0.2, -0.15) is 10.2 Å². The zero-order valence-corrected chi connectivity index (χ0v) is 11.7. The normalized spacial score (nSPS) is 10.3. The Morgan fingerprint density at radius 2 is 1.86 bits per heavy atom. The number of aryl methyl sites for hydroxylation is 2. The zero-order valence-electron chi connectivity index (χ0n) is 11.7. The van der Waals surface area contributed by atoms with Gasteiger partial charge in [-0.25, -0.2) is 9.97 Å². The molecule has 5 heteroatoms. The van der Waals surface area contributed by atoms with E-state index in [0.29, 0.717) is 11.4 Å². The highest BCUT2D eigenvalue weighted by atomic mass is 16.5. The molecule has 3 aromatic rings. The molecule has 0 spiro atoms. The molecule has 0 saturated heterocycles. The Bertz CT molecular complexity index is 868. The van der Waals surface area contributed by atoms with Crippen molar-refractivity contribution in [2.24, 2.45) is 0 Å². The molecule has 0 saturated carbocycles. The van der Waals surface area contributed by atoms with Crippen LogP contribution in [-0.4, -0.2) is 15.0 Å². The summed E-state index contributed by atoms with van der Waals surface area (Å²) in [6.07, 6.45) is 0. The first kappa shape index (κ1) is 13.0. The fourth-order valence-corrected chi connectivity index (χ4v) is 2.04. The molecule has 5 nitrogen and oxygen atoms in total. The minimum Gasteiger partial charge on any atom is -0.422 e. The van der Waals surface area contributed by atoms with Crippen molar-refractivity contribution in [1.29, 1.82) is 5.26 Å². The van der Waals surface area contributed by atoms with Gasteiger partial charge < -0.3 is 4.74 Å². The lowest BCUT2D eigenvalue weighted by atomic mass is 10.2. The van der Waals surface area contributed by atoms with E-state index in [1.807, 2.05) is 43.3 Å². The van der Waals surface area contributed by atoms with Crippen LogP contribution >= 0.6 is 0 Å². The summed E-state index contributed by atoms with van der Waals surface area (Å²) in [5, 5.41) is 9.93. The van der Waals surface area contributed by atoms with Gasteiger partial charge in [0.05, 0.1) is 0 Å². The Hall–Kier alpha value is -3.00. The van der Waals surface area contributed by atoms with Crippen LogP contribution in [0.5, 0.6) is 11.8 Å². The van der Waals surface area contributed by atoms with Crippen LogP contribution in [0.2, 0.25) is 0 Å². The van der Waals surface area contributed by atoms with E-state index >= 15 is 0 Å². The molecule has 102 valence electrons. The Morgan fingerprint density at radius 3 is 2.67 bits per heavy atom. The Balaban J connectivity index is 2.08. The van der Waals surface area contributed by atoms with Gasteiger partial charge in [-0.1, -0.05) is 18.2 Å². The van der Waals surface area contributed by atoms with Gasteiger partial charge in [0.1, 0.15) is 17.3 Å². The Morgan fingerprint density at radius 1 is 1.00 bits per heavy atom. The maximum atomic E-state index is 8.95. The quantitative estimate of drug-likeness (QED) is 0.718. The fourth-order valence-electron chi connectivity index (χ4n) is 2.04. The molecule has 2 aromatic heterocycles. The zero-order chi connectivity index (χ0) is 14.8. The number of para-hydroxylation sites is 1. The molecular weight excluding hydrogens is 264 g/mol. The number of hydrogen-bond donors (Lipinski definition) is 0. The van der Waals surface area contributed by atoms with Crippen molar-refractivity contribution < 1.29 is 4.74 Å². The number of benzene rings is 1. The van der Waals surface area contributed by atoms with Gasteiger partial charge in [0.2, 0.25) is 0 Å². The van der Waals surface area contributed by atoms with Crippen molar-refractivity contribution in [2.75, 3.05) is 0 Å². The second-order valence-corrected chi connectivity index (χ2v) is 4.67. The van der Waals surface area contributed by atoms with Gasteiger partial charge in [-0.05, 0) is 32.0 Å². The average Bonchev–Trinajstić information content (AvgIpc) is 2.47. The fraction of sp³-hybridized carbons (Fsp3) is 0.125. The number of fused-ring (bicyclic) bond motifs is 1. The number of aromatic nitrogens is 3. The van der Waals surface area contributed by atoms with Crippen LogP contribution in [0, 0.1) is 25.2 Å². The summed E-state index contributed by atoms with van der Waals surface area (Å²) in [6.45, 7) is 3.72. The Kier molecular flexibility index (Phi) is 3.20. The largest absolute Gasteiger partial charge is 0.422 e. The highest BCUT2D eigenvalue weighted by molar-refractivity contribution is 5.84. The monoisotopic (exact) mass is 276 g/mol. The first-order chi connectivity index (χ1) is 10.2. The van der Waals surface area contributed by atoms with Crippen molar-refractivity contribution in [3.8, 4) is 17.8 Å². The SMILES string of the molecule is Cc1cc(C#N)nc(Oc2cccc3ccc(C)nc23)n1. The molecule has 0 radical (unpaired) electrons. The summed E-state index contributed by atoms with van der Waals surface area (Å²) in [6, 6.07) is 13.4. The van der Waals surface area contributed by atoms with Gasteiger partial charge in [-0.15, -0.1) is 0 Å². The van der Waals surface area contributed by atoms with Crippen molar-refractivity contribution in [1.82, 2.24) is 15.0 Å². The van der Waals surface area contributed by atoms with Crippen molar-refractivity contribution in [3.05, 3.63) is 53.5 Å². The van der Waals surface area contributed by atoms with Crippen molar-refractivity contribution >= 4 is 10.9 Å². The molecular formula is C16H12N4O. The van der Waals surface area contributed by atoms with E-state index in [4.69, 9.17) is 10.00 Å². The van der Waals surface area contributed by atoms with Crippen molar-refractivity contribution in [2.45, 2.75) is 13.8 Å². The van der Waals surface area contributed by atoms with Crippen LogP contribution < -0.4 is 4.74 Å². The number of nitriles is 1. The third-order valence-corrected chi connectivity index (χ3v) is 2.97. The van der Waals surface area contributed by atoms with Gasteiger partial charge >= 0.3 is 6.01 Å². The van der Waals surface area contributed by atoms with E-state index in [1.165, 1.54) is 0 Å². The number of nitrogens with zero attached hydrogens (tertiary/aromatic N) is 4. The third kappa shape index (κ3) is 2.65. The lowest BCUT2D eigenvalue weighted by Gasteiger charge is -2.08. The second-order valence-electron chi connectivity index (χ2n) is 4.67. The smallest absolute Gasteiger partial charge is 0.323 e. The predicted octanol–water partition coefficient (Wildman–Crippen LogP) is 3.31. The molecule has 0 aliphatic carbocycles. The van der Waals surface area contributed by atoms with Crippen LogP contribution in [0.1, 0.15) is 17.1 Å². The molecule has 0 amide bonds. The molecule has 0 unspecified atom stereocenters. The topological polar surface area (TPSA) is 71.7 Å². The molecule has 0 N–H and O–H groups in total. The summed E-state index contributed by atoms with van der Waals surface area (Å²) in [7, 11) is 0. The number of rotatable bonds is 2. The average molecular weight is 276 g/mol. The van der Waals surface area contributed by atoms with Gasteiger partial charge in [0.25, 0.3) is 0 Å². The number of pyridine rings is 1. The maximum absolute atomic E-state index is 8.95. The highest BCUT2D eigenvalue weighted by Gasteiger charge is 2.08. The molecule has 0 atom stereocenters. The summed E-state index contributed by atoms with van der Waals surface area (Å²) in [4.78, 5) is 12.7. The molecule has 2 heterocycles. The number of hydrogen-bond acceptors (Lipinski definition) is 5.